The summed E-state index contributed by atoms with van der Waals surface area (Å²) in [7, 11) is 0. The zero-order valence-corrected chi connectivity index (χ0v) is 47.7. The van der Waals surface area contributed by atoms with Gasteiger partial charge in [-0.05, 0) is 173 Å². The van der Waals surface area contributed by atoms with Gasteiger partial charge in [0.15, 0.2) is 0 Å². The number of hydrogen-bond acceptors (Lipinski definition) is 0. The Kier molecular flexibility index (Phi) is 11.8. The molecule has 1 aliphatic rings. The first kappa shape index (κ1) is 50.2. The lowest BCUT2D eigenvalue weighted by Crippen LogP contribution is -2.28. The summed E-state index contributed by atoms with van der Waals surface area (Å²) in [5.74, 6) is 0. The third-order valence-corrected chi connectivity index (χ3v) is 18.5. The van der Waals surface area contributed by atoms with Gasteiger partial charge in [-0.3, -0.25) is 0 Å². The van der Waals surface area contributed by atoms with Crippen LogP contribution >= 0.6 is 0 Å². The van der Waals surface area contributed by atoms with Crippen molar-refractivity contribution in [2.24, 2.45) is 0 Å². The Labute approximate surface area is 506 Å². The molecule has 17 rings (SSSR count). The molecular formula is C85H56N2. The van der Waals surface area contributed by atoms with Crippen LogP contribution in [0.5, 0.6) is 0 Å². The summed E-state index contributed by atoms with van der Waals surface area (Å²) in [4.78, 5) is 0. The molecule has 2 nitrogen and oxygen atoms in total. The first-order chi connectivity index (χ1) is 43.1. The Morgan fingerprint density at radius 3 is 1.00 bits per heavy atom. The van der Waals surface area contributed by atoms with Gasteiger partial charge in [-0.15, -0.1) is 0 Å². The van der Waals surface area contributed by atoms with Crippen molar-refractivity contribution in [3.05, 3.63) is 362 Å². The van der Waals surface area contributed by atoms with Crippen LogP contribution in [0.15, 0.2) is 340 Å². The van der Waals surface area contributed by atoms with Crippen LogP contribution < -0.4 is 0 Å². The first-order valence-electron chi connectivity index (χ1n) is 30.1. The van der Waals surface area contributed by atoms with Crippen LogP contribution in [0, 0.1) is 0 Å². The van der Waals surface area contributed by atoms with Gasteiger partial charge in [-0.2, -0.15) is 0 Å². The van der Waals surface area contributed by atoms with E-state index in [9.17, 15) is 0 Å². The third kappa shape index (κ3) is 8.25. The summed E-state index contributed by atoms with van der Waals surface area (Å²) in [6.07, 6.45) is 0. The predicted molar refractivity (Wildman–Crippen MR) is 365 cm³/mol. The average Bonchev–Trinajstić information content (AvgIpc) is 1.70. The quantitative estimate of drug-likeness (QED) is 0.129. The predicted octanol–water partition coefficient (Wildman–Crippen LogP) is 22.2. The second-order valence-electron chi connectivity index (χ2n) is 23.2. The van der Waals surface area contributed by atoms with Crippen molar-refractivity contribution < 1.29 is 0 Å². The molecule has 406 valence electrons. The number of aromatic nitrogens is 2. The highest BCUT2D eigenvalue weighted by Gasteiger charge is 2.46. The fourth-order valence-electron chi connectivity index (χ4n) is 14.3. The van der Waals surface area contributed by atoms with Crippen LogP contribution in [-0.4, -0.2) is 9.13 Å². The molecule has 87 heavy (non-hydrogen) atoms. The normalized spacial score (nSPS) is 12.5. The van der Waals surface area contributed by atoms with Gasteiger partial charge in [0.1, 0.15) is 0 Å². The number of benzene rings is 14. The summed E-state index contributed by atoms with van der Waals surface area (Å²) in [5, 5.41) is 4.96. The number of hydrogen-bond donors (Lipinski definition) is 0. The maximum absolute atomic E-state index is 2.43. The Balaban J connectivity index is 0.678. The van der Waals surface area contributed by atoms with Gasteiger partial charge in [0, 0.05) is 32.9 Å². The van der Waals surface area contributed by atoms with E-state index in [0.717, 1.165) is 11.4 Å². The Morgan fingerprint density at radius 2 is 0.506 bits per heavy atom. The van der Waals surface area contributed by atoms with Crippen molar-refractivity contribution >= 4 is 43.6 Å². The Hall–Kier alpha value is -11.3. The number of rotatable bonds is 10. The molecule has 0 unspecified atom stereocenters. The van der Waals surface area contributed by atoms with Gasteiger partial charge >= 0.3 is 0 Å². The molecule has 2 heteroatoms. The second kappa shape index (κ2) is 20.5. The lowest BCUT2D eigenvalue weighted by Gasteiger charge is -2.34. The molecule has 16 aromatic rings. The van der Waals surface area contributed by atoms with Gasteiger partial charge in [0.05, 0.1) is 27.5 Å². The van der Waals surface area contributed by atoms with Crippen LogP contribution in [0.2, 0.25) is 0 Å². The molecule has 1 aliphatic carbocycles. The minimum Gasteiger partial charge on any atom is -0.309 e. The molecule has 0 bridgehead atoms. The van der Waals surface area contributed by atoms with E-state index in [1.807, 2.05) is 0 Å². The molecule has 2 aromatic heterocycles. The van der Waals surface area contributed by atoms with Gasteiger partial charge < -0.3 is 9.13 Å². The molecule has 2 heterocycles. The summed E-state index contributed by atoms with van der Waals surface area (Å²) < 4.78 is 4.82. The smallest absolute Gasteiger partial charge is 0.0713 e. The minimum absolute atomic E-state index is 0.523. The van der Waals surface area contributed by atoms with Gasteiger partial charge in [0.2, 0.25) is 0 Å². The van der Waals surface area contributed by atoms with E-state index in [-0.39, 0.29) is 0 Å². The Bertz CT molecular complexity index is 5230. The molecule has 14 aromatic carbocycles. The molecule has 0 atom stereocenters. The molecule has 0 N–H and O–H groups in total. The van der Waals surface area contributed by atoms with Gasteiger partial charge in [-0.1, -0.05) is 267 Å². The van der Waals surface area contributed by atoms with Crippen LogP contribution in [-0.2, 0) is 5.41 Å². The van der Waals surface area contributed by atoms with Crippen molar-refractivity contribution in [3.8, 4) is 89.3 Å². The summed E-state index contributed by atoms with van der Waals surface area (Å²) in [5.41, 5.74) is 28.6. The molecule has 0 spiro atoms. The first-order valence-corrected chi connectivity index (χ1v) is 30.1. The standard InChI is InChI=1S/C85H56N2/c1-3-17-57(18-4-1)60-39-47-71(48-40-60)86-81-31-13-9-27-75(81)77-55-67(43-51-83(77)86)68-44-52-84-78(56-68)76-28-10-14-32-82(76)87(84)72-49-41-61(42-50-72)59-33-35-62(36-34-59)66-23-16-24-70(54-66)85(79-29-11-7-25-73(79)74-26-8-12-30-80(74)85)69-45-37-63(38-46-69)65-22-15-21-64(53-65)58-19-5-2-6-20-58/h1-56H. The van der Waals surface area contributed by atoms with Crippen molar-refractivity contribution in [2.45, 2.75) is 5.41 Å². The van der Waals surface area contributed by atoms with E-state index in [0.29, 0.717) is 0 Å². The average molecular weight is 1110 g/mol. The molecule has 0 fully saturated rings. The monoisotopic (exact) mass is 1100 g/mol. The van der Waals surface area contributed by atoms with E-state index in [2.05, 4.69) is 349 Å². The highest BCUT2D eigenvalue weighted by Crippen LogP contribution is 2.56. The molecule has 0 saturated heterocycles. The van der Waals surface area contributed by atoms with Gasteiger partial charge in [0.25, 0.3) is 0 Å². The SMILES string of the molecule is c1ccc(-c2ccc(-n3c4ccccc4c4cc(-c5ccc6c(c5)c5ccccc5n6-c5ccc(-c6ccc(-c7cccc(C8(c9ccc(-c%10cccc(-c%11ccccc%11)c%10)cc9)c9ccccc9-c9ccccc98)c7)cc6)cc5)ccc43)cc2)cc1. The van der Waals surface area contributed by atoms with E-state index in [4.69, 9.17) is 0 Å². The minimum atomic E-state index is -0.523. The highest BCUT2D eigenvalue weighted by atomic mass is 15.0. The third-order valence-electron chi connectivity index (χ3n) is 18.5. The largest absolute Gasteiger partial charge is 0.309 e. The lowest BCUT2D eigenvalue weighted by molar-refractivity contribution is 0.769. The number of fused-ring (bicyclic) bond motifs is 9. The topological polar surface area (TPSA) is 9.86 Å². The zero-order valence-electron chi connectivity index (χ0n) is 47.7. The lowest BCUT2D eigenvalue weighted by atomic mass is 9.67. The zero-order chi connectivity index (χ0) is 57.4. The molecule has 0 radical (unpaired) electrons. The van der Waals surface area contributed by atoms with E-state index >= 15 is 0 Å². The maximum Gasteiger partial charge on any atom is 0.0713 e. The number of nitrogens with zero attached hydrogens (tertiary/aromatic N) is 2. The van der Waals surface area contributed by atoms with Crippen LogP contribution in [0.25, 0.3) is 133 Å². The van der Waals surface area contributed by atoms with E-state index in [1.165, 1.54) is 144 Å². The summed E-state index contributed by atoms with van der Waals surface area (Å²) in [6.45, 7) is 0. The molecule has 0 saturated carbocycles. The van der Waals surface area contributed by atoms with Crippen LogP contribution in [0.3, 0.4) is 0 Å². The van der Waals surface area contributed by atoms with Gasteiger partial charge in [-0.25, -0.2) is 0 Å². The maximum atomic E-state index is 2.43. The van der Waals surface area contributed by atoms with Crippen molar-refractivity contribution in [1.82, 2.24) is 9.13 Å². The molecule has 0 amide bonds. The highest BCUT2D eigenvalue weighted by molar-refractivity contribution is 6.13. The summed E-state index contributed by atoms with van der Waals surface area (Å²) >= 11 is 0. The fourth-order valence-corrected chi connectivity index (χ4v) is 14.3. The molecule has 0 aliphatic heterocycles. The van der Waals surface area contributed by atoms with Crippen LogP contribution in [0.1, 0.15) is 22.3 Å². The van der Waals surface area contributed by atoms with Crippen molar-refractivity contribution in [2.75, 3.05) is 0 Å². The van der Waals surface area contributed by atoms with Crippen LogP contribution in [0.4, 0.5) is 0 Å². The second-order valence-corrected chi connectivity index (χ2v) is 23.2. The van der Waals surface area contributed by atoms with E-state index in [1.54, 1.807) is 0 Å². The van der Waals surface area contributed by atoms with Crippen molar-refractivity contribution in [3.63, 3.8) is 0 Å². The Morgan fingerprint density at radius 1 is 0.184 bits per heavy atom. The number of para-hydroxylation sites is 2. The molecular weight excluding hydrogens is 1050 g/mol. The summed E-state index contributed by atoms with van der Waals surface area (Å²) in [6, 6.07) is 126. The van der Waals surface area contributed by atoms with Crippen molar-refractivity contribution in [1.29, 1.82) is 0 Å². The fraction of sp³-hybridized carbons (Fsp3) is 0.0118. The van der Waals surface area contributed by atoms with E-state index < -0.39 is 5.41 Å².